The molecule has 0 amide bonds. The summed E-state index contributed by atoms with van der Waals surface area (Å²) in [5.41, 5.74) is 1.23. The fourth-order valence-corrected chi connectivity index (χ4v) is 4.15. The summed E-state index contributed by atoms with van der Waals surface area (Å²) in [6.07, 6.45) is 4.03. The molecule has 0 N–H and O–H groups in total. The SMILES string of the molecule is F[B-](F)(F)F.c1ccc(-c2nsc(=[N+]3CCCCC3)s2)cc1. The Balaban J connectivity index is 0.000000309. The van der Waals surface area contributed by atoms with Gasteiger partial charge < -0.3 is 17.3 Å². The van der Waals surface area contributed by atoms with Crippen molar-refractivity contribution < 1.29 is 17.3 Å². The largest absolute Gasteiger partial charge is 0.673 e. The van der Waals surface area contributed by atoms with Crippen LogP contribution in [0.1, 0.15) is 19.3 Å². The summed E-state index contributed by atoms with van der Waals surface area (Å²) >= 11 is 3.47. The zero-order valence-electron chi connectivity index (χ0n) is 11.7. The minimum absolute atomic E-state index is 1.15. The van der Waals surface area contributed by atoms with Gasteiger partial charge in [-0.3, -0.25) is 0 Å². The van der Waals surface area contributed by atoms with Crippen molar-refractivity contribution in [2.45, 2.75) is 19.3 Å². The Kier molecular flexibility index (Phi) is 6.13. The highest BCUT2D eigenvalue weighted by molar-refractivity contribution is 7.25. The molecule has 0 saturated carbocycles. The molecule has 2 nitrogen and oxygen atoms in total. The zero-order valence-corrected chi connectivity index (χ0v) is 13.4. The van der Waals surface area contributed by atoms with Crippen molar-refractivity contribution in [1.82, 2.24) is 8.95 Å². The fraction of sp³-hybridized carbons (Fsp3) is 0.385. The first-order valence-electron chi connectivity index (χ1n) is 6.91. The third kappa shape index (κ3) is 5.88. The van der Waals surface area contributed by atoms with Crippen LogP contribution in [0.3, 0.4) is 0 Å². The summed E-state index contributed by atoms with van der Waals surface area (Å²) in [4.78, 5) is 0. The van der Waals surface area contributed by atoms with Crippen LogP contribution >= 0.6 is 22.9 Å². The second-order valence-electron chi connectivity index (χ2n) is 4.76. The second kappa shape index (κ2) is 7.87. The van der Waals surface area contributed by atoms with Crippen molar-refractivity contribution in [3.63, 3.8) is 0 Å². The Labute approximate surface area is 134 Å². The molecule has 1 aliphatic rings. The van der Waals surface area contributed by atoms with Gasteiger partial charge in [0.2, 0.25) is 0 Å². The number of benzene rings is 1. The molecule has 3 rings (SSSR count). The molecule has 9 heteroatoms. The highest BCUT2D eigenvalue weighted by atomic mass is 32.2. The Morgan fingerprint density at radius 1 is 0.955 bits per heavy atom. The van der Waals surface area contributed by atoms with E-state index in [2.05, 4.69) is 33.2 Å². The lowest BCUT2D eigenvalue weighted by Gasteiger charge is -2.06. The van der Waals surface area contributed by atoms with Crippen molar-refractivity contribution in [3.05, 3.63) is 34.3 Å². The van der Waals surface area contributed by atoms with Crippen molar-refractivity contribution in [3.8, 4) is 10.6 Å². The van der Waals surface area contributed by atoms with E-state index in [0.29, 0.717) is 0 Å². The monoisotopic (exact) mass is 350 g/mol. The van der Waals surface area contributed by atoms with E-state index < -0.39 is 7.25 Å². The number of hydrogen-bond donors (Lipinski definition) is 0. The maximum absolute atomic E-state index is 9.75. The maximum Gasteiger partial charge on any atom is 0.673 e. The fourth-order valence-electron chi connectivity index (χ4n) is 2.09. The standard InChI is InChI=1S/C13H15N2S2.BF4/c1-3-7-11(8-4-1)12-14-17-13(16-12)15-9-5-2-6-10-15;2-1(3,4)5/h1,3-4,7-8H,2,5-6,9-10H2;/q+1;-1. The number of piperidine rings is 1. The van der Waals surface area contributed by atoms with E-state index in [9.17, 15) is 17.3 Å². The van der Waals surface area contributed by atoms with Crippen LogP contribution in [0.4, 0.5) is 17.3 Å². The Bertz CT molecular complexity index is 638. The second-order valence-corrected chi connectivity index (χ2v) is 6.75. The predicted molar refractivity (Wildman–Crippen MR) is 84.5 cm³/mol. The van der Waals surface area contributed by atoms with E-state index in [1.165, 1.54) is 41.9 Å². The molecule has 0 radical (unpaired) electrons. The highest BCUT2D eigenvalue weighted by Gasteiger charge is 2.20. The third-order valence-corrected chi connectivity index (χ3v) is 5.26. The summed E-state index contributed by atoms with van der Waals surface area (Å²) in [6.45, 7) is 2.40. The number of hydrogen-bond acceptors (Lipinski definition) is 3. The van der Waals surface area contributed by atoms with Crippen LogP contribution in [0.25, 0.3) is 10.6 Å². The lowest BCUT2D eigenvalue weighted by atomic mass is 10.2. The lowest BCUT2D eigenvalue weighted by molar-refractivity contribution is 0.368. The van der Waals surface area contributed by atoms with E-state index in [0.717, 1.165) is 5.01 Å². The number of halogens is 4. The van der Waals surface area contributed by atoms with Crippen molar-refractivity contribution in [2.24, 2.45) is 0 Å². The molecule has 120 valence electrons. The molecule has 1 aromatic carbocycles. The van der Waals surface area contributed by atoms with Gasteiger partial charge in [-0.15, -0.1) is 0 Å². The molecule has 1 aromatic heterocycles. The first kappa shape index (κ1) is 17.1. The van der Waals surface area contributed by atoms with E-state index in [4.69, 9.17) is 0 Å². The molecular weight excluding hydrogens is 335 g/mol. The average Bonchev–Trinajstić information content (AvgIpc) is 2.97. The van der Waals surface area contributed by atoms with E-state index in [1.807, 2.05) is 17.4 Å². The van der Waals surface area contributed by atoms with E-state index in [1.54, 1.807) is 11.5 Å². The van der Waals surface area contributed by atoms with Gasteiger partial charge in [0.25, 0.3) is 0 Å². The van der Waals surface area contributed by atoms with Crippen LogP contribution in [0.2, 0.25) is 0 Å². The highest BCUT2D eigenvalue weighted by Crippen LogP contribution is 2.19. The van der Waals surface area contributed by atoms with E-state index in [-0.39, 0.29) is 0 Å². The van der Waals surface area contributed by atoms with E-state index >= 15 is 0 Å². The molecule has 0 unspecified atom stereocenters. The third-order valence-electron chi connectivity index (χ3n) is 3.03. The molecule has 2 aromatic rings. The van der Waals surface area contributed by atoms with Gasteiger partial charge in [-0.1, -0.05) is 30.3 Å². The van der Waals surface area contributed by atoms with Gasteiger partial charge in [-0.05, 0) is 17.8 Å². The maximum atomic E-state index is 9.75. The van der Waals surface area contributed by atoms with Gasteiger partial charge in [-0.25, -0.2) is 4.58 Å². The lowest BCUT2D eigenvalue weighted by Crippen LogP contribution is -2.31. The van der Waals surface area contributed by atoms with Gasteiger partial charge in [0, 0.05) is 29.9 Å². The molecule has 1 saturated heterocycles. The summed E-state index contributed by atoms with van der Waals surface area (Å²) < 4.78 is 47.4. The Morgan fingerprint density at radius 3 is 2.14 bits per heavy atom. The van der Waals surface area contributed by atoms with Crippen molar-refractivity contribution >= 4 is 30.1 Å². The predicted octanol–water partition coefficient (Wildman–Crippen LogP) is 4.13. The summed E-state index contributed by atoms with van der Waals surface area (Å²) in [5, 5.41) is 1.15. The van der Waals surface area contributed by atoms with Crippen LogP contribution in [0.5, 0.6) is 0 Å². The topological polar surface area (TPSA) is 15.9 Å². The Hall–Kier alpha value is -1.22. The molecule has 2 heterocycles. The smallest absolute Gasteiger partial charge is 0.418 e. The van der Waals surface area contributed by atoms with Crippen molar-refractivity contribution in [1.29, 1.82) is 0 Å². The van der Waals surface area contributed by atoms with Gasteiger partial charge in [0.05, 0.1) is 0 Å². The van der Waals surface area contributed by atoms with Gasteiger partial charge in [-0.2, -0.15) is 4.37 Å². The van der Waals surface area contributed by atoms with Gasteiger partial charge >= 0.3 is 11.2 Å². The zero-order chi connectivity index (χ0) is 16.0. The summed E-state index contributed by atoms with van der Waals surface area (Å²) in [6, 6.07) is 10.5. The van der Waals surface area contributed by atoms with Crippen LogP contribution in [0.15, 0.2) is 30.3 Å². The Morgan fingerprint density at radius 2 is 1.55 bits per heavy atom. The summed E-state index contributed by atoms with van der Waals surface area (Å²) in [5.74, 6) is 0. The first-order chi connectivity index (χ1) is 10.4. The molecule has 1 fully saturated rings. The van der Waals surface area contributed by atoms with Crippen LogP contribution < -0.4 is 8.56 Å². The number of rotatable bonds is 1. The number of nitrogens with zero attached hydrogens (tertiary/aromatic N) is 2. The van der Waals surface area contributed by atoms with Gasteiger partial charge in [0.15, 0.2) is 0 Å². The molecule has 1 aliphatic heterocycles. The normalized spacial score (nSPS) is 15.2. The minimum atomic E-state index is -6.00. The van der Waals surface area contributed by atoms with Crippen LogP contribution in [-0.2, 0) is 0 Å². The van der Waals surface area contributed by atoms with Crippen LogP contribution in [0, 0.1) is 0 Å². The first-order valence-corrected chi connectivity index (χ1v) is 8.50. The molecule has 0 bridgehead atoms. The van der Waals surface area contributed by atoms with Crippen LogP contribution in [-0.4, -0.2) is 24.7 Å². The average molecular weight is 350 g/mol. The van der Waals surface area contributed by atoms with Gasteiger partial charge in [0.1, 0.15) is 18.1 Å². The molecule has 0 atom stereocenters. The van der Waals surface area contributed by atoms with Crippen molar-refractivity contribution in [2.75, 3.05) is 13.1 Å². The minimum Gasteiger partial charge on any atom is -0.418 e. The molecule has 0 aliphatic carbocycles. The molecule has 0 spiro atoms. The number of aromatic nitrogens is 1. The quantitative estimate of drug-likeness (QED) is 0.429. The summed E-state index contributed by atoms with van der Waals surface area (Å²) in [7, 11) is -6.00. The molecule has 22 heavy (non-hydrogen) atoms. The molecular formula is C13H15BF4N2S2.